The smallest absolute Gasteiger partial charge is 0.262 e. The summed E-state index contributed by atoms with van der Waals surface area (Å²) in [5.41, 5.74) is 5.80. The van der Waals surface area contributed by atoms with Crippen LogP contribution < -0.4 is 16.2 Å². The van der Waals surface area contributed by atoms with Gasteiger partial charge < -0.3 is 9.73 Å². The van der Waals surface area contributed by atoms with Gasteiger partial charge in [-0.25, -0.2) is 8.78 Å². The summed E-state index contributed by atoms with van der Waals surface area (Å²) >= 11 is 5.03. The minimum absolute atomic E-state index is 0.133. The molecule has 142 valence electrons. The molecule has 1 aromatic heterocycles. The van der Waals surface area contributed by atoms with Gasteiger partial charge in [-0.1, -0.05) is 12.1 Å². The van der Waals surface area contributed by atoms with Gasteiger partial charge in [0.2, 0.25) is 0 Å². The fourth-order valence-electron chi connectivity index (χ4n) is 2.26. The average Bonchev–Trinajstić information content (AvgIpc) is 3.16. The van der Waals surface area contributed by atoms with E-state index < -0.39 is 11.7 Å². The second-order valence-electron chi connectivity index (χ2n) is 5.59. The van der Waals surface area contributed by atoms with Crippen molar-refractivity contribution in [1.82, 2.24) is 10.9 Å². The third kappa shape index (κ3) is 5.24. The second kappa shape index (κ2) is 8.92. The van der Waals surface area contributed by atoms with Crippen LogP contribution in [-0.2, 0) is 4.79 Å². The fourth-order valence-corrected chi connectivity index (χ4v) is 2.43. The van der Waals surface area contributed by atoms with Gasteiger partial charge in [0.05, 0.1) is 5.56 Å². The van der Waals surface area contributed by atoms with E-state index in [-0.39, 0.29) is 10.9 Å². The van der Waals surface area contributed by atoms with Crippen molar-refractivity contribution >= 4 is 35.0 Å². The number of hydrogen-bond acceptors (Lipinski definition) is 3. The zero-order valence-electron chi connectivity index (χ0n) is 14.4. The Kier molecular flexibility index (Phi) is 6.13. The second-order valence-corrected chi connectivity index (χ2v) is 6.00. The molecular formula is C20H15F2N3O2S. The minimum atomic E-state index is -0.480. The third-order valence-corrected chi connectivity index (χ3v) is 3.77. The summed E-state index contributed by atoms with van der Waals surface area (Å²) in [5, 5.41) is 2.92. The van der Waals surface area contributed by atoms with Crippen LogP contribution in [0.3, 0.4) is 0 Å². The molecule has 0 unspecified atom stereocenters. The Morgan fingerprint density at radius 1 is 0.964 bits per heavy atom. The lowest BCUT2D eigenvalue weighted by molar-refractivity contribution is -0.116. The van der Waals surface area contributed by atoms with Gasteiger partial charge >= 0.3 is 0 Å². The quantitative estimate of drug-likeness (QED) is 0.348. The van der Waals surface area contributed by atoms with Crippen LogP contribution in [0.4, 0.5) is 14.5 Å². The van der Waals surface area contributed by atoms with Gasteiger partial charge in [-0.05, 0) is 66.8 Å². The van der Waals surface area contributed by atoms with Crippen LogP contribution in [0.2, 0.25) is 0 Å². The molecule has 0 saturated heterocycles. The molecule has 0 saturated carbocycles. The largest absolute Gasteiger partial charge is 0.457 e. The monoisotopic (exact) mass is 399 g/mol. The van der Waals surface area contributed by atoms with Crippen molar-refractivity contribution in [3.8, 4) is 11.3 Å². The molecule has 0 aliphatic carbocycles. The predicted molar refractivity (Wildman–Crippen MR) is 107 cm³/mol. The van der Waals surface area contributed by atoms with Crippen molar-refractivity contribution < 1.29 is 18.0 Å². The van der Waals surface area contributed by atoms with Crippen LogP contribution in [0.25, 0.3) is 17.4 Å². The highest BCUT2D eigenvalue weighted by atomic mass is 32.1. The number of furan rings is 1. The van der Waals surface area contributed by atoms with Gasteiger partial charge in [-0.2, -0.15) is 0 Å². The maximum Gasteiger partial charge on any atom is 0.262 e. The first kappa shape index (κ1) is 19.2. The van der Waals surface area contributed by atoms with Gasteiger partial charge in [0.15, 0.2) is 5.11 Å². The van der Waals surface area contributed by atoms with Gasteiger partial charge in [-0.3, -0.25) is 15.6 Å². The summed E-state index contributed by atoms with van der Waals surface area (Å²) in [5.74, 6) is -0.482. The van der Waals surface area contributed by atoms with Crippen molar-refractivity contribution in [2.45, 2.75) is 0 Å². The van der Waals surface area contributed by atoms with Crippen molar-refractivity contribution in [2.24, 2.45) is 0 Å². The molecule has 1 amide bonds. The van der Waals surface area contributed by atoms with E-state index >= 15 is 0 Å². The number of benzene rings is 2. The van der Waals surface area contributed by atoms with E-state index in [1.807, 2.05) is 0 Å². The maximum atomic E-state index is 13.8. The number of carbonyl (C=O) groups excluding carboxylic acids is 1. The van der Waals surface area contributed by atoms with Gasteiger partial charge in [0.25, 0.3) is 5.91 Å². The van der Waals surface area contributed by atoms with E-state index in [1.54, 1.807) is 30.3 Å². The molecule has 3 N–H and O–H groups in total. The van der Waals surface area contributed by atoms with Gasteiger partial charge in [0.1, 0.15) is 23.2 Å². The van der Waals surface area contributed by atoms with E-state index in [2.05, 4.69) is 16.2 Å². The van der Waals surface area contributed by atoms with Crippen molar-refractivity contribution in [3.63, 3.8) is 0 Å². The van der Waals surface area contributed by atoms with Crippen LogP contribution >= 0.6 is 12.2 Å². The van der Waals surface area contributed by atoms with E-state index in [0.29, 0.717) is 22.8 Å². The molecule has 0 aliphatic rings. The Hall–Kier alpha value is -3.52. The third-order valence-electron chi connectivity index (χ3n) is 3.57. The Morgan fingerprint density at radius 3 is 2.46 bits per heavy atom. The summed E-state index contributed by atoms with van der Waals surface area (Å²) in [6, 6.07) is 15.1. The fraction of sp³-hybridized carbons (Fsp3) is 0. The van der Waals surface area contributed by atoms with E-state index in [1.165, 1.54) is 42.5 Å². The molecule has 3 rings (SSSR count). The highest BCUT2D eigenvalue weighted by molar-refractivity contribution is 7.80. The highest BCUT2D eigenvalue weighted by Crippen LogP contribution is 2.25. The lowest BCUT2D eigenvalue weighted by atomic mass is 10.1. The number of hydrogen-bond donors (Lipinski definition) is 3. The summed E-state index contributed by atoms with van der Waals surface area (Å²) in [7, 11) is 0. The van der Waals surface area contributed by atoms with Crippen molar-refractivity contribution in [3.05, 3.63) is 84.1 Å². The topological polar surface area (TPSA) is 66.3 Å². The maximum absolute atomic E-state index is 13.8. The number of hydrazine groups is 1. The van der Waals surface area contributed by atoms with Crippen LogP contribution in [0.1, 0.15) is 5.76 Å². The normalized spacial score (nSPS) is 10.6. The standard InChI is InChI=1S/C20H15F2N3O2S/c21-13-5-7-14(8-6-13)23-20(28)25-24-19(26)12-10-15-9-11-18(27-15)16-3-1-2-4-17(16)22/h1-12H,(H,24,26)(H2,23,25,28)/b12-10+. The molecule has 5 nitrogen and oxygen atoms in total. The Morgan fingerprint density at radius 2 is 1.71 bits per heavy atom. The Bertz CT molecular complexity index is 1020. The first-order chi connectivity index (χ1) is 13.5. The van der Waals surface area contributed by atoms with Gasteiger partial charge in [-0.15, -0.1) is 0 Å². The zero-order valence-corrected chi connectivity index (χ0v) is 15.2. The summed E-state index contributed by atoms with van der Waals surface area (Å²) in [6.07, 6.45) is 2.68. The minimum Gasteiger partial charge on any atom is -0.457 e. The molecule has 0 fully saturated rings. The van der Waals surface area contributed by atoms with Crippen LogP contribution in [-0.4, -0.2) is 11.0 Å². The number of nitrogens with one attached hydrogen (secondary N) is 3. The first-order valence-electron chi connectivity index (χ1n) is 8.16. The summed E-state index contributed by atoms with van der Waals surface area (Å²) in [4.78, 5) is 11.8. The Balaban J connectivity index is 1.51. The number of halogens is 2. The number of anilines is 1. The molecule has 0 aliphatic heterocycles. The molecule has 1 heterocycles. The molecule has 0 bridgehead atoms. The van der Waals surface area contributed by atoms with E-state index in [0.717, 1.165) is 0 Å². The molecule has 0 radical (unpaired) electrons. The van der Waals surface area contributed by atoms with Gasteiger partial charge in [0, 0.05) is 11.8 Å². The molecule has 28 heavy (non-hydrogen) atoms. The molecule has 3 aromatic rings. The summed E-state index contributed by atoms with van der Waals surface area (Å²) in [6.45, 7) is 0. The van der Waals surface area contributed by atoms with E-state index in [4.69, 9.17) is 16.6 Å². The highest BCUT2D eigenvalue weighted by Gasteiger charge is 2.08. The van der Waals surface area contributed by atoms with Crippen molar-refractivity contribution in [2.75, 3.05) is 5.32 Å². The lowest BCUT2D eigenvalue weighted by Gasteiger charge is -2.10. The van der Waals surface area contributed by atoms with E-state index in [9.17, 15) is 13.6 Å². The Labute approximate surface area is 165 Å². The number of amides is 1. The zero-order chi connectivity index (χ0) is 19.9. The van der Waals surface area contributed by atoms with Crippen LogP contribution in [0.15, 0.2) is 71.2 Å². The SMILES string of the molecule is O=C(/C=C/c1ccc(-c2ccccc2F)o1)NNC(=S)Nc1ccc(F)cc1. The average molecular weight is 399 g/mol. The molecule has 0 spiro atoms. The molecule has 8 heteroatoms. The first-order valence-corrected chi connectivity index (χ1v) is 8.57. The van der Waals surface area contributed by atoms with Crippen LogP contribution in [0, 0.1) is 11.6 Å². The molecule has 0 atom stereocenters. The number of rotatable bonds is 4. The molecular weight excluding hydrogens is 384 g/mol. The number of carbonyl (C=O) groups is 1. The molecule has 2 aromatic carbocycles. The van der Waals surface area contributed by atoms with Crippen LogP contribution in [0.5, 0.6) is 0 Å². The lowest BCUT2D eigenvalue weighted by Crippen LogP contribution is -2.43. The van der Waals surface area contributed by atoms with Crippen molar-refractivity contribution in [1.29, 1.82) is 0 Å². The summed E-state index contributed by atoms with van der Waals surface area (Å²) < 4.78 is 32.1. The number of thiocarbonyl (C=S) groups is 1. The predicted octanol–water partition coefficient (Wildman–Crippen LogP) is 4.26.